The molecule has 0 bridgehead atoms. The number of rotatable bonds is 5. The van der Waals surface area contributed by atoms with Crippen LogP contribution >= 0.6 is 15.9 Å². The van der Waals surface area contributed by atoms with E-state index < -0.39 is 15.8 Å². The zero-order chi connectivity index (χ0) is 15.6. The van der Waals surface area contributed by atoms with Crippen molar-refractivity contribution in [3.63, 3.8) is 0 Å². The predicted molar refractivity (Wildman–Crippen MR) is 83.1 cm³/mol. The zero-order valence-corrected chi connectivity index (χ0v) is 14.1. The molecular weight excluding hydrogens is 360 g/mol. The summed E-state index contributed by atoms with van der Waals surface area (Å²) in [7, 11) is -1.72. The van der Waals surface area contributed by atoms with E-state index in [-0.39, 0.29) is 5.75 Å². The molecule has 2 rings (SSSR count). The first-order chi connectivity index (χ1) is 9.85. The Morgan fingerprint density at radius 3 is 2.81 bits per heavy atom. The van der Waals surface area contributed by atoms with Gasteiger partial charge in [-0.3, -0.25) is 4.98 Å². The first-order valence-electron chi connectivity index (χ1n) is 6.23. The molecule has 2 heterocycles. The Hall–Kier alpha value is -1.41. The number of esters is 1. The summed E-state index contributed by atoms with van der Waals surface area (Å²) in [5.41, 5.74) is 1.18. The fraction of sp³-hybridized carbons (Fsp3) is 0.385. The van der Waals surface area contributed by atoms with Gasteiger partial charge in [0.1, 0.15) is 15.5 Å². The highest BCUT2D eigenvalue weighted by atomic mass is 79.9. The van der Waals surface area contributed by atoms with Gasteiger partial charge in [-0.1, -0.05) is 0 Å². The number of ether oxygens (including phenoxy) is 1. The molecule has 0 unspecified atom stereocenters. The third-order valence-electron chi connectivity index (χ3n) is 3.08. The quantitative estimate of drug-likeness (QED) is 0.748. The molecule has 0 radical (unpaired) electrons. The van der Waals surface area contributed by atoms with E-state index in [0.29, 0.717) is 23.1 Å². The van der Waals surface area contributed by atoms with Gasteiger partial charge in [-0.2, -0.15) is 0 Å². The molecule has 0 N–H and O–H groups in total. The maximum Gasteiger partial charge on any atom is 0.355 e. The molecule has 0 saturated heterocycles. The van der Waals surface area contributed by atoms with Crippen molar-refractivity contribution >= 4 is 42.6 Å². The van der Waals surface area contributed by atoms with E-state index >= 15 is 0 Å². The number of sulfone groups is 1. The topological polar surface area (TPSA) is 78.3 Å². The molecule has 0 amide bonds. The molecule has 0 aliphatic carbocycles. The van der Waals surface area contributed by atoms with Gasteiger partial charge in [-0.25, -0.2) is 13.2 Å². The molecule has 0 atom stereocenters. The van der Waals surface area contributed by atoms with Gasteiger partial charge in [0.15, 0.2) is 0 Å². The SMILES string of the molecule is COC(=O)c1c(Br)c2cnccc2n1CCCS(C)(=O)=O. The summed E-state index contributed by atoms with van der Waals surface area (Å²) in [6, 6.07) is 1.78. The van der Waals surface area contributed by atoms with Crippen LogP contribution in [0.25, 0.3) is 10.9 Å². The summed E-state index contributed by atoms with van der Waals surface area (Å²) >= 11 is 3.40. The first kappa shape index (κ1) is 16.0. The largest absolute Gasteiger partial charge is 0.464 e. The number of pyridine rings is 1. The second kappa shape index (κ2) is 6.15. The smallest absolute Gasteiger partial charge is 0.355 e. The van der Waals surface area contributed by atoms with Gasteiger partial charge in [-0.15, -0.1) is 0 Å². The molecule has 0 spiro atoms. The molecule has 2 aromatic rings. The van der Waals surface area contributed by atoms with E-state index in [9.17, 15) is 13.2 Å². The number of hydrogen-bond donors (Lipinski definition) is 0. The molecule has 0 aromatic carbocycles. The van der Waals surface area contributed by atoms with Crippen LogP contribution in [0.1, 0.15) is 16.9 Å². The Kier molecular flexibility index (Phi) is 4.67. The van der Waals surface area contributed by atoms with Gasteiger partial charge in [0, 0.05) is 30.6 Å². The molecule has 6 nitrogen and oxygen atoms in total. The van der Waals surface area contributed by atoms with Crippen LogP contribution in [0.5, 0.6) is 0 Å². The van der Waals surface area contributed by atoms with Crippen molar-refractivity contribution in [2.24, 2.45) is 0 Å². The average molecular weight is 375 g/mol. The Labute approximate surface area is 131 Å². The molecular formula is C13H15BrN2O4S. The molecule has 21 heavy (non-hydrogen) atoms. The molecule has 114 valence electrons. The average Bonchev–Trinajstić information content (AvgIpc) is 2.70. The number of fused-ring (bicyclic) bond motifs is 1. The third kappa shape index (κ3) is 3.44. The minimum absolute atomic E-state index is 0.0655. The van der Waals surface area contributed by atoms with Gasteiger partial charge in [-0.05, 0) is 28.4 Å². The number of hydrogen-bond acceptors (Lipinski definition) is 5. The fourth-order valence-electron chi connectivity index (χ4n) is 2.17. The lowest BCUT2D eigenvalue weighted by molar-refractivity contribution is 0.0588. The minimum atomic E-state index is -3.03. The molecule has 0 aliphatic heterocycles. The Morgan fingerprint density at radius 1 is 1.48 bits per heavy atom. The van der Waals surface area contributed by atoms with Crippen molar-refractivity contribution in [3.05, 3.63) is 28.6 Å². The monoisotopic (exact) mass is 374 g/mol. The third-order valence-corrected chi connectivity index (χ3v) is 4.91. The van der Waals surface area contributed by atoms with Crippen molar-refractivity contribution in [1.82, 2.24) is 9.55 Å². The summed E-state index contributed by atoms with van der Waals surface area (Å²) in [6.45, 7) is 0.406. The predicted octanol–water partition coefficient (Wildman–Crippen LogP) is 2.02. The molecule has 8 heteroatoms. The number of nitrogens with zero attached hydrogens (tertiary/aromatic N) is 2. The van der Waals surface area contributed by atoms with E-state index in [1.165, 1.54) is 13.4 Å². The van der Waals surface area contributed by atoms with Gasteiger partial charge < -0.3 is 9.30 Å². The van der Waals surface area contributed by atoms with Crippen molar-refractivity contribution in [2.45, 2.75) is 13.0 Å². The maximum absolute atomic E-state index is 12.0. The van der Waals surface area contributed by atoms with Gasteiger partial charge in [0.25, 0.3) is 0 Å². The van der Waals surface area contributed by atoms with Crippen LogP contribution in [0.3, 0.4) is 0 Å². The maximum atomic E-state index is 12.0. The molecule has 0 aliphatic rings. The van der Waals surface area contributed by atoms with Crippen LogP contribution in [0.4, 0.5) is 0 Å². The Bertz CT molecular complexity index is 783. The van der Waals surface area contributed by atoms with E-state index in [2.05, 4.69) is 20.9 Å². The Balaban J connectivity index is 2.46. The minimum Gasteiger partial charge on any atom is -0.464 e. The highest BCUT2D eigenvalue weighted by Crippen LogP contribution is 2.31. The highest BCUT2D eigenvalue weighted by molar-refractivity contribution is 9.10. The van der Waals surface area contributed by atoms with E-state index in [1.807, 2.05) is 0 Å². The van der Waals surface area contributed by atoms with Crippen LogP contribution in [0.2, 0.25) is 0 Å². The molecule has 0 saturated carbocycles. The lowest BCUT2D eigenvalue weighted by Gasteiger charge is -2.09. The van der Waals surface area contributed by atoms with Crippen LogP contribution in [-0.4, -0.2) is 43.1 Å². The number of carbonyl (C=O) groups is 1. The van der Waals surface area contributed by atoms with Gasteiger partial charge >= 0.3 is 5.97 Å². The lowest BCUT2D eigenvalue weighted by atomic mass is 10.3. The summed E-state index contributed by atoms with van der Waals surface area (Å²) in [4.78, 5) is 16.0. The molecule has 0 fully saturated rings. The van der Waals surface area contributed by atoms with Crippen molar-refractivity contribution in [2.75, 3.05) is 19.1 Å². The summed E-state index contributed by atoms with van der Waals surface area (Å²) < 4.78 is 29.7. The van der Waals surface area contributed by atoms with Gasteiger partial charge in [0.05, 0.1) is 22.9 Å². The lowest BCUT2D eigenvalue weighted by Crippen LogP contribution is -2.13. The highest BCUT2D eigenvalue weighted by Gasteiger charge is 2.22. The normalized spacial score (nSPS) is 11.8. The second-order valence-corrected chi connectivity index (χ2v) is 7.73. The van der Waals surface area contributed by atoms with Crippen molar-refractivity contribution in [3.8, 4) is 0 Å². The van der Waals surface area contributed by atoms with Crippen LogP contribution in [0, 0.1) is 0 Å². The first-order valence-corrected chi connectivity index (χ1v) is 9.08. The second-order valence-electron chi connectivity index (χ2n) is 4.68. The summed E-state index contributed by atoms with van der Waals surface area (Å²) in [5, 5.41) is 0.789. The van der Waals surface area contributed by atoms with Crippen LogP contribution < -0.4 is 0 Å². The number of carbonyl (C=O) groups excluding carboxylic acids is 1. The zero-order valence-electron chi connectivity index (χ0n) is 11.7. The van der Waals surface area contributed by atoms with Crippen molar-refractivity contribution < 1.29 is 17.9 Å². The summed E-state index contributed by atoms with van der Waals surface area (Å²) in [5.74, 6) is -0.409. The summed E-state index contributed by atoms with van der Waals surface area (Å²) in [6.07, 6.45) is 4.89. The standard InChI is InChI=1S/C13H15BrN2O4S/c1-20-13(17)12-11(14)9-8-15-5-4-10(9)16(12)6-3-7-21(2,18)19/h4-5,8H,3,6-7H2,1-2H3. The number of aryl methyl sites for hydroxylation is 1. The number of methoxy groups -OCH3 is 1. The van der Waals surface area contributed by atoms with Gasteiger partial charge in [0.2, 0.25) is 0 Å². The van der Waals surface area contributed by atoms with Crippen molar-refractivity contribution in [1.29, 1.82) is 0 Å². The Morgan fingerprint density at radius 2 is 2.19 bits per heavy atom. The van der Waals surface area contributed by atoms with E-state index in [4.69, 9.17) is 4.74 Å². The van der Waals surface area contributed by atoms with E-state index in [0.717, 1.165) is 10.9 Å². The number of aromatic nitrogens is 2. The van der Waals surface area contributed by atoms with Crippen LogP contribution in [0.15, 0.2) is 22.9 Å². The van der Waals surface area contributed by atoms with E-state index in [1.54, 1.807) is 23.0 Å². The van der Waals surface area contributed by atoms with Crippen LogP contribution in [-0.2, 0) is 21.1 Å². The molecule has 2 aromatic heterocycles. The number of halogens is 1. The fourth-order valence-corrected chi connectivity index (χ4v) is 3.51.